The molecule has 1 aromatic rings. The van der Waals surface area contributed by atoms with E-state index in [9.17, 15) is 9.90 Å². The molecular weight excluding hydrogens is 191 g/mol. The van der Waals surface area contributed by atoms with Crippen molar-refractivity contribution in [3.63, 3.8) is 0 Å². The van der Waals surface area contributed by atoms with Crippen LogP contribution in [0.4, 0.5) is 0 Å². The van der Waals surface area contributed by atoms with E-state index in [1.807, 2.05) is 0 Å². The van der Waals surface area contributed by atoms with Gasteiger partial charge in [0.1, 0.15) is 6.61 Å². The first-order valence-electron chi connectivity index (χ1n) is 3.79. The summed E-state index contributed by atoms with van der Waals surface area (Å²) >= 11 is 0. The molecule has 0 bridgehead atoms. The molecule has 0 aliphatic heterocycles. The topological polar surface area (TPSA) is 49.4 Å². The molecule has 0 heterocycles. The van der Waals surface area contributed by atoms with Gasteiger partial charge in [0.25, 0.3) is 0 Å². The average Bonchev–Trinajstić information content (AvgIpc) is 2.15. The number of carbonyl (C=O) groups excluding carboxylic acids is 1. The molecular formula is C10H9NaO3. The van der Waals surface area contributed by atoms with Crippen LogP contribution in [0.2, 0.25) is 0 Å². The Hall–Kier alpha value is -0.770. The Morgan fingerprint density at radius 1 is 1.50 bits per heavy atom. The van der Waals surface area contributed by atoms with Crippen LogP contribution in [0.25, 0.3) is 0 Å². The maximum absolute atomic E-state index is 11.2. The molecule has 14 heavy (non-hydrogen) atoms. The first kappa shape index (κ1) is 13.2. The summed E-state index contributed by atoms with van der Waals surface area (Å²) in [6.07, 6.45) is 1.45. The van der Waals surface area contributed by atoms with E-state index in [4.69, 9.17) is 4.74 Å². The Morgan fingerprint density at radius 3 is 2.71 bits per heavy atom. The van der Waals surface area contributed by atoms with Crippen LogP contribution in [-0.2, 0) is 4.74 Å². The van der Waals surface area contributed by atoms with Crippen molar-refractivity contribution in [2.24, 2.45) is 0 Å². The number of para-hydroxylation sites is 1. The van der Waals surface area contributed by atoms with Crippen molar-refractivity contribution in [2.75, 3.05) is 6.61 Å². The van der Waals surface area contributed by atoms with Gasteiger partial charge in [-0.3, -0.25) is 0 Å². The third kappa shape index (κ3) is 3.54. The van der Waals surface area contributed by atoms with Gasteiger partial charge in [-0.15, -0.1) is 0 Å². The second kappa shape index (κ2) is 6.65. The fourth-order valence-electron chi connectivity index (χ4n) is 0.848. The zero-order valence-electron chi connectivity index (χ0n) is 8.03. The quantitative estimate of drug-likeness (QED) is 0.325. The van der Waals surface area contributed by atoms with Gasteiger partial charge in [0.05, 0.1) is 5.56 Å². The van der Waals surface area contributed by atoms with E-state index >= 15 is 0 Å². The van der Waals surface area contributed by atoms with Crippen LogP contribution in [0.5, 0.6) is 5.75 Å². The smallest absolute Gasteiger partial charge is 0.872 e. The fraction of sp³-hybridized carbons (Fsp3) is 0.100. The summed E-state index contributed by atoms with van der Waals surface area (Å²) in [4.78, 5) is 11.2. The van der Waals surface area contributed by atoms with Gasteiger partial charge in [-0.05, 0) is 6.07 Å². The number of esters is 1. The summed E-state index contributed by atoms with van der Waals surface area (Å²) in [5.41, 5.74) is 0.0596. The molecule has 0 fully saturated rings. The summed E-state index contributed by atoms with van der Waals surface area (Å²) in [6.45, 7) is 3.51. The molecule has 0 N–H and O–H groups in total. The molecule has 3 nitrogen and oxygen atoms in total. The minimum atomic E-state index is -0.606. The first-order valence-corrected chi connectivity index (χ1v) is 3.79. The van der Waals surface area contributed by atoms with Crippen LogP contribution < -0.4 is 34.7 Å². The van der Waals surface area contributed by atoms with E-state index in [1.165, 1.54) is 18.2 Å². The van der Waals surface area contributed by atoms with Crippen LogP contribution in [0.1, 0.15) is 10.4 Å². The standard InChI is InChI=1S/C10H10O3.Na/c1-2-7-13-10(12)8-5-3-4-6-9(8)11;/h2-6,11H,1,7H2;/q;+1/p-1. The fourth-order valence-corrected chi connectivity index (χ4v) is 0.848. The monoisotopic (exact) mass is 200 g/mol. The van der Waals surface area contributed by atoms with Crippen molar-refractivity contribution in [3.05, 3.63) is 42.5 Å². The third-order valence-electron chi connectivity index (χ3n) is 1.44. The Labute approximate surface area is 105 Å². The van der Waals surface area contributed by atoms with E-state index in [2.05, 4.69) is 6.58 Å². The van der Waals surface area contributed by atoms with Gasteiger partial charge in [0.15, 0.2) is 0 Å². The molecule has 0 saturated heterocycles. The molecule has 0 aliphatic carbocycles. The summed E-state index contributed by atoms with van der Waals surface area (Å²) in [7, 11) is 0. The summed E-state index contributed by atoms with van der Waals surface area (Å²) in [6, 6.07) is 5.96. The van der Waals surface area contributed by atoms with Gasteiger partial charge < -0.3 is 9.84 Å². The Morgan fingerprint density at radius 2 is 2.14 bits per heavy atom. The number of ether oxygens (including phenoxy) is 1. The van der Waals surface area contributed by atoms with Gasteiger partial charge >= 0.3 is 35.5 Å². The summed E-state index contributed by atoms with van der Waals surface area (Å²) in [5.74, 6) is -0.929. The minimum absolute atomic E-state index is 0. The molecule has 0 atom stereocenters. The Kier molecular flexibility index (Phi) is 6.28. The van der Waals surface area contributed by atoms with Crippen molar-refractivity contribution in [1.82, 2.24) is 0 Å². The molecule has 0 radical (unpaired) electrons. The predicted molar refractivity (Wildman–Crippen MR) is 46.4 cm³/mol. The third-order valence-corrected chi connectivity index (χ3v) is 1.44. The molecule has 0 amide bonds. The Balaban J connectivity index is 0.00000169. The van der Waals surface area contributed by atoms with E-state index in [1.54, 1.807) is 12.1 Å². The van der Waals surface area contributed by atoms with Gasteiger partial charge in [0.2, 0.25) is 0 Å². The first-order chi connectivity index (χ1) is 6.25. The van der Waals surface area contributed by atoms with Crippen LogP contribution in [0.3, 0.4) is 0 Å². The molecule has 0 aromatic heterocycles. The zero-order valence-corrected chi connectivity index (χ0v) is 10.0. The maximum Gasteiger partial charge on any atom is 1.00 e. The van der Waals surface area contributed by atoms with Gasteiger partial charge in [-0.1, -0.05) is 36.6 Å². The van der Waals surface area contributed by atoms with E-state index in [0.717, 1.165) is 0 Å². The van der Waals surface area contributed by atoms with Crippen molar-refractivity contribution < 1.29 is 44.2 Å². The molecule has 0 unspecified atom stereocenters. The number of hydrogen-bond acceptors (Lipinski definition) is 3. The second-order valence-electron chi connectivity index (χ2n) is 2.38. The number of carbonyl (C=O) groups is 1. The molecule has 68 valence electrons. The van der Waals surface area contributed by atoms with Crippen LogP contribution >= 0.6 is 0 Å². The molecule has 0 saturated carbocycles. The predicted octanol–water partition coefficient (Wildman–Crippen LogP) is -1.89. The van der Waals surface area contributed by atoms with Gasteiger partial charge in [-0.25, -0.2) is 4.79 Å². The molecule has 1 aromatic carbocycles. The zero-order chi connectivity index (χ0) is 9.68. The second-order valence-corrected chi connectivity index (χ2v) is 2.38. The number of rotatable bonds is 3. The van der Waals surface area contributed by atoms with E-state index < -0.39 is 5.97 Å². The SMILES string of the molecule is C=CCOC(=O)c1ccccc1[O-].[Na+]. The van der Waals surface area contributed by atoms with Crippen molar-refractivity contribution in [2.45, 2.75) is 0 Å². The summed E-state index contributed by atoms with van der Waals surface area (Å²) in [5, 5.41) is 11.1. The normalized spacial score (nSPS) is 8.57. The van der Waals surface area contributed by atoms with E-state index in [0.29, 0.717) is 0 Å². The maximum atomic E-state index is 11.2. The summed E-state index contributed by atoms with van der Waals surface area (Å²) < 4.78 is 4.70. The van der Waals surface area contributed by atoms with Crippen molar-refractivity contribution in [1.29, 1.82) is 0 Å². The minimum Gasteiger partial charge on any atom is -0.872 e. The largest absolute Gasteiger partial charge is 1.00 e. The van der Waals surface area contributed by atoms with Gasteiger partial charge in [0, 0.05) is 0 Å². The molecule has 1 rings (SSSR count). The Bertz CT molecular complexity index is 323. The van der Waals surface area contributed by atoms with Gasteiger partial charge in [-0.2, -0.15) is 0 Å². The number of hydrogen-bond donors (Lipinski definition) is 0. The molecule has 0 spiro atoms. The number of benzene rings is 1. The van der Waals surface area contributed by atoms with E-state index in [-0.39, 0.29) is 47.5 Å². The van der Waals surface area contributed by atoms with Crippen LogP contribution in [-0.4, -0.2) is 12.6 Å². The molecule has 0 aliphatic rings. The van der Waals surface area contributed by atoms with Crippen LogP contribution in [0, 0.1) is 0 Å². The van der Waals surface area contributed by atoms with Crippen molar-refractivity contribution in [3.8, 4) is 5.75 Å². The average molecular weight is 200 g/mol. The van der Waals surface area contributed by atoms with Crippen molar-refractivity contribution >= 4 is 5.97 Å². The molecule has 4 heteroatoms. The van der Waals surface area contributed by atoms with Crippen LogP contribution in [0.15, 0.2) is 36.9 Å².